The zero-order valence-electron chi connectivity index (χ0n) is 17.2. The molecule has 2 aromatic heterocycles. The lowest BCUT2D eigenvalue weighted by Crippen LogP contribution is -2.40. The Bertz CT molecular complexity index is 947. The molecule has 0 spiro atoms. The third-order valence-electron chi connectivity index (χ3n) is 4.44. The number of aryl methyl sites for hydroxylation is 1. The summed E-state index contributed by atoms with van der Waals surface area (Å²) in [6.45, 7) is 3.86. The number of para-hydroxylation sites is 1. The second kappa shape index (κ2) is 11.8. The van der Waals surface area contributed by atoms with Crippen LogP contribution in [0.25, 0.3) is 0 Å². The van der Waals surface area contributed by atoms with Gasteiger partial charge in [-0.1, -0.05) is 18.2 Å². The quantitative estimate of drug-likeness (QED) is 0.267. The van der Waals surface area contributed by atoms with Crippen LogP contribution in [0, 0.1) is 12.7 Å². The van der Waals surface area contributed by atoms with Gasteiger partial charge in [-0.3, -0.25) is 0 Å². The molecule has 0 bridgehead atoms. The highest BCUT2D eigenvalue weighted by Crippen LogP contribution is 2.15. The monoisotopic (exact) mass is 544 g/mol. The van der Waals surface area contributed by atoms with E-state index < -0.39 is 0 Å². The molecule has 30 heavy (non-hydrogen) atoms. The van der Waals surface area contributed by atoms with Gasteiger partial charge < -0.3 is 19.5 Å². The third kappa shape index (κ3) is 6.66. The van der Waals surface area contributed by atoms with Crippen molar-refractivity contribution in [3.05, 3.63) is 64.1 Å². The summed E-state index contributed by atoms with van der Waals surface area (Å²) in [6.07, 6.45) is 0. The predicted molar refractivity (Wildman–Crippen MR) is 128 cm³/mol. The van der Waals surface area contributed by atoms with E-state index in [1.807, 2.05) is 41.9 Å². The van der Waals surface area contributed by atoms with Crippen molar-refractivity contribution >= 4 is 41.3 Å². The van der Waals surface area contributed by atoms with Gasteiger partial charge in [0, 0.05) is 19.0 Å². The first-order valence-corrected chi connectivity index (χ1v) is 10.2. The fourth-order valence-electron chi connectivity index (χ4n) is 2.59. The maximum atomic E-state index is 13.7. The van der Waals surface area contributed by atoms with E-state index in [1.165, 1.54) is 10.9 Å². The van der Waals surface area contributed by atoms with E-state index in [0.29, 0.717) is 26.2 Å². The maximum Gasteiger partial charge on any atom is 0.194 e. The number of aliphatic imine (C=N–C) groups is 1. The molecule has 0 radical (unpaired) electrons. The number of likely N-dealkylation sites (N-methyl/N-ethyl adjacent to an activating group) is 1. The molecule has 1 N–H and O–H groups in total. The molecule has 0 unspecified atom stereocenters. The number of guanidine groups is 1. The summed E-state index contributed by atoms with van der Waals surface area (Å²) >= 11 is 1.68. The van der Waals surface area contributed by atoms with Crippen molar-refractivity contribution in [3.8, 4) is 5.75 Å². The van der Waals surface area contributed by atoms with E-state index in [2.05, 4.69) is 21.6 Å². The summed E-state index contributed by atoms with van der Waals surface area (Å²) in [5.41, 5.74) is 0. The van der Waals surface area contributed by atoms with Crippen molar-refractivity contribution in [1.82, 2.24) is 25.0 Å². The van der Waals surface area contributed by atoms with Crippen LogP contribution < -0.4 is 10.1 Å². The minimum atomic E-state index is -0.363. The van der Waals surface area contributed by atoms with Crippen molar-refractivity contribution in [3.63, 3.8) is 0 Å². The minimum absolute atomic E-state index is 0. The van der Waals surface area contributed by atoms with Crippen LogP contribution in [0.3, 0.4) is 0 Å². The number of ether oxygens (including phenoxy) is 1. The second-order valence-electron chi connectivity index (χ2n) is 6.50. The summed E-state index contributed by atoms with van der Waals surface area (Å²) < 4.78 is 21.2. The van der Waals surface area contributed by atoms with Crippen LogP contribution in [0.2, 0.25) is 0 Å². The fraction of sp³-hybridized carbons (Fsp3) is 0.350. The molecule has 7 nitrogen and oxygen atoms in total. The highest BCUT2D eigenvalue weighted by Gasteiger charge is 2.10. The first-order valence-electron chi connectivity index (χ1n) is 9.28. The third-order valence-corrected chi connectivity index (χ3v) is 5.31. The standard InChI is InChI=1S/C20H25FN6OS.HI/c1-15-24-25-19(27(15)3)14-23-20(22-13-16-7-6-12-29-16)26(2)10-11-28-18-9-5-4-8-17(18)21;/h4-9,12H,10-11,13-14H2,1-3H3,(H,22,23);1H. The van der Waals surface area contributed by atoms with Crippen LogP contribution in [-0.2, 0) is 20.1 Å². The Labute approximate surface area is 197 Å². The van der Waals surface area contributed by atoms with Gasteiger partial charge in [-0.2, -0.15) is 0 Å². The Balaban J connectivity index is 0.00000320. The summed E-state index contributed by atoms with van der Waals surface area (Å²) in [5.74, 6) is 2.23. The SMILES string of the molecule is Cc1nnc(CN=C(NCc2cccs2)N(C)CCOc2ccccc2F)n1C.I. The highest BCUT2D eigenvalue weighted by molar-refractivity contribution is 14.0. The molecule has 3 aromatic rings. The summed E-state index contributed by atoms with van der Waals surface area (Å²) in [5, 5.41) is 13.7. The number of hydrogen-bond donors (Lipinski definition) is 1. The highest BCUT2D eigenvalue weighted by atomic mass is 127. The molecule has 0 fully saturated rings. The number of nitrogens with zero attached hydrogens (tertiary/aromatic N) is 5. The molecule has 0 atom stereocenters. The maximum absolute atomic E-state index is 13.7. The number of nitrogens with one attached hydrogen (secondary N) is 1. The Morgan fingerprint density at radius 3 is 2.73 bits per heavy atom. The lowest BCUT2D eigenvalue weighted by atomic mass is 10.3. The van der Waals surface area contributed by atoms with Crippen molar-refractivity contribution in [1.29, 1.82) is 0 Å². The number of aromatic nitrogens is 3. The van der Waals surface area contributed by atoms with Gasteiger partial charge in [-0.25, -0.2) is 9.38 Å². The van der Waals surface area contributed by atoms with E-state index in [9.17, 15) is 4.39 Å². The Kier molecular flexibility index (Phi) is 9.50. The first-order chi connectivity index (χ1) is 14.0. The molecule has 2 heterocycles. The molecular weight excluding hydrogens is 518 g/mol. The number of rotatable bonds is 8. The van der Waals surface area contributed by atoms with Crippen molar-refractivity contribution < 1.29 is 9.13 Å². The van der Waals surface area contributed by atoms with Crippen LogP contribution in [0.15, 0.2) is 46.8 Å². The summed E-state index contributed by atoms with van der Waals surface area (Å²) in [4.78, 5) is 7.86. The number of hydrogen-bond acceptors (Lipinski definition) is 5. The van der Waals surface area contributed by atoms with Gasteiger partial charge >= 0.3 is 0 Å². The summed E-state index contributed by atoms with van der Waals surface area (Å²) in [6, 6.07) is 10.5. The summed E-state index contributed by atoms with van der Waals surface area (Å²) in [7, 11) is 3.85. The van der Waals surface area contributed by atoms with Gasteiger partial charge in [0.1, 0.15) is 19.0 Å². The van der Waals surface area contributed by atoms with Gasteiger partial charge in [0.15, 0.2) is 23.4 Å². The van der Waals surface area contributed by atoms with E-state index in [0.717, 1.165) is 17.6 Å². The molecular formula is C20H26FIN6OS. The molecule has 0 saturated heterocycles. The van der Waals surface area contributed by atoms with Gasteiger partial charge in [-0.15, -0.1) is 45.5 Å². The van der Waals surface area contributed by atoms with Crippen LogP contribution >= 0.6 is 35.3 Å². The van der Waals surface area contributed by atoms with Gasteiger partial charge in [0.2, 0.25) is 0 Å². The zero-order chi connectivity index (χ0) is 20.6. The predicted octanol–water partition coefficient (Wildman–Crippen LogP) is 3.60. The normalized spacial score (nSPS) is 11.1. The first kappa shape index (κ1) is 24.1. The average molecular weight is 544 g/mol. The molecule has 0 amide bonds. The molecule has 162 valence electrons. The lowest BCUT2D eigenvalue weighted by Gasteiger charge is -2.22. The van der Waals surface area contributed by atoms with Gasteiger partial charge in [0.05, 0.1) is 13.1 Å². The minimum Gasteiger partial charge on any atom is -0.489 e. The molecule has 0 aliphatic carbocycles. The van der Waals surface area contributed by atoms with Crippen LogP contribution in [-0.4, -0.2) is 45.8 Å². The van der Waals surface area contributed by atoms with E-state index in [-0.39, 0.29) is 35.5 Å². The van der Waals surface area contributed by atoms with Crippen LogP contribution in [0.1, 0.15) is 16.5 Å². The number of halogens is 2. The van der Waals surface area contributed by atoms with Crippen LogP contribution in [0.4, 0.5) is 4.39 Å². The van der Waals surface area contributed by atoms with Crippen molar-refractivity contribution in [2.24, 2.45) is 12.0 Å². The Hall–Kier alpha value is -2.21. The fourth-order valence-corrected chi connectivity index (χ4v) is 3.23. The molecule has 0 aliphatic heterocycles. The van der Waals surface area contributed by atoms with Gasteiger partial charge in [-0.05, 0) is 30.5 Å². The largest absolute Gasteiger partial charge is 0.489 e. The molecule has 3 rings (SSSR count). The van der Waals surface area contributed by atoms with E-state index in [4.69, 9.17) is 9.73 Å². The zero-order valence-corrected chi connectivity index (χ0v) is 20.4. The van der Waals surface area contributed by atoms with E-state index >= 15 is 0 Å². The molecule has 10 heteroatoms. The lowest BCUT2D eigenvalue weighted by molar-refractivity contribution is 0.270. The molecule has 1 aromatic carbocycles. The van der Waals surface area contributed by atoms with Crippen molar-refractivity contribution in [2.75, 3.05) is 20.2 Å². The Morgan fingerprint density at radius 2 is 2.07 bits per heavy atom. The molecule has 0 saturated carbocycles. The molecule has 0 aliphatic rings. The van der Waals surface area contributed by atoms with Crippen molar-refractivity contribution in [2.45, 2.75) is 20.0 Å². The number of thiophene rings is 1. The van der Waals surface area contributed by atoms with Gasteiger partial charge in [0.25, 0.3) is 0 Å². The van der Waals surface area contributed by atoms with Crippen LogP contribution in [0.5, 0.6) is 5.75 Å². The topological polar surface area (TPSA) is 67.6 Å². The smallest absolute Gasteiger partial charge is 0.194 e. The number of benzene rings is 1. The Morgan fingerprint density at radius 1 is 1.27 bits per heavy atom. The van der Waals surface area contributed by atoms with E-state index in [1.54, 1.807) is 29.5 Å². The average Bonchev–Trinajstić information content (AvgIpc) is 3.34. The second-order valence-corrected chi connectivity index (χ2v) is 7.53.